The van der Waals surface area contributed by atoms with E-state index in [1.807, 2.05) is 0 Å². The average molecular weight is 316 g/mol. The summed E-state index contributed by atoms with van der Waals surface area (Å²) < 4.78 is 4.86. The van der Waals surface area contributed by atoms with Crippen LogP contribution in [0.5, 0.6) is 0 Å². The molecule has 0 rings (SSSR count). The van der Waals surface area contributed by atoms with Crippen molar-refractivity contribution in [1.29, 1.82) is 0 Å². The number of unbranched alkanes of at least 4 members (excludes halogenated alkanes) is 6. The van der Waals surface area contributed by atoms with Crippen molar-refractivity contribution < 1.29 is 19.7 Å². The van der Waals surface area contributed by atoms with Gasteiger partial charge in [0.1, 0.15) is 12.7 Å². The fourth-order valence-electron chi connectivity index (χ4n) is 2.49. The normalized spacial score (nSPS) is 13.8. The number of esters is 1. The van der Waals surface area contributed by atoms with Gasteiger partial charge in [-0.3, -0.25) is 4.79 Å². The molecule has 0 saturated carbocycles. The van der Waals surface area contributed by atoms with Crippen molar-refractivity contribution >= 4 is 5.97 Å². The molecule has 0 radical (unpaired) electrons. The lowest BCUT2D eigenvalue weighted by molar-refractivity contribution is -0.147. The Balaban J connectivity index is 3.37. The Morgan fingerprint density at radius 2 is 1.59 bits per heavy atom. The van der Waals surface area contributed by atoms with Crippen molar-refractivity contribution in [2.45, 2.75) is 90.6 Å². The van der Waals surface area contributed by atoms with E-state index in [1.165, 1.54) is 51.4 Å². The minimum Gasteiger partial charge on any atom is -0.463 e. The molecule has 4 nitrogen and oxygen atoms in total. The van der Waals surface area contributed by atoms with Crippen molar-refractivity contribution in [2.24, 2.45) is 5.92 Å². The summed E-state index contributed by atoms with van der Waals surface area (Å²) in [5.41, 5.74) is 0. The molecule has 132 valence electrons. The maximum atomic E-state index is 11.4. The zero-order chi connectivity index (χ0) is 16.6. The summed E-state index contributed by atoms with van der Waals surface area (Å²) in [5, 5.41) is 17.7. The maximum absolute atomic E-state index is 11.4. The van der Waals surface area contributed by atoms with Gasteiger partial charge in [-0.1, -0.05) is 71.6 Å². The van der Waals surface area contributed by atoms with Crippen molar-refractivity contribution in [3.63, 3.8) is 0 Å². The van der Waals surface area contributed by atoms with Crippen LogP contribution >= 0.6 is 0 Å². The lowest BCUT2D eigenvalue weighted by Crippen LogP contribution is -2.21. The first-order valence-corrected chi connectivity index (χ1v) is 9.04. The first-order valence-electron chi connectivity index (χ1n) is 9.04. The van der Waals surface area contributed by atoms with Gasteiger partial charge < -0.3 is 14.9 Å². The number of aliphatic hydroxyl groups excluding tert-OH is 2. The van der Waals surface area contributed by atoms with Gasteiger partial charge in [-0.25, -0.2) is 0 Å². The molecule has 22 heavy (non-hydrogen) atoms. The molecule has 0 aliphatic heterocycles. The Kier molecular flexibility index (Phi) is 14.9. The van der Waals surface area contributed by atoms with Crippen molar-refractivity contribution in [1.82, 2.24) is 0 Å². The third-order valence-corrected chi connectivity index (χ3v) is 4.03. The quantitative estimate of drug-likeness (QED) is 0.356. The van der Waals surface area contributed by atoms with Gasteiger partial charge in [0, 0.05) is 6.42 Å². The molecule has 4 heteroatoms. The number of hydrogen-bond acceptors (Lipinski definition) is 4. The minimum atomic E-state index is -0.957. The molecule has 0 unspecified atom stereocenters. The van der Waals surface area contributed by atoms with Crippen molar-refractivity contribution in [2.75, 3.05) is 13.2 Å². The molecule has 0 aromatic carbocycles. The third-order valence-electron chi connectivity index (χ3n) is 4.03. The molecule has 0 aliphatic carbocycles. The average Bonchev–Trinajstić information content (AvgIpc) is 2.52. The fourth-order valence-corrected chi connectivity index (χ4v) is 2.49. The summed E-state index contributed by atoms with van der Waals surface area (Å²) >= 11 is 0. The van der Waals surface area contributed by atoms with Crippen LogP contribution < -0.4 is 0 Å². The first-order chi connectivity index (χ1) is 10.6. The maximum Gasteiger partial charge on any atom is 0.305 e. The second-order valence-corrected chi connectivity index (χ2v) is 6.43. The Hall–Kier alpha value is -0.610. The minimum absolute atomic E-state index is 0.107. The highest BCUT2D eigenvalue weighted by molar-refractivity contribution is 5.69. The summed E-state index contributed by atoms with van der Waals surface area (Å²) in [4.78, 5) is 11.4. The Morgan fingerprint density at radius 1 is 1.00 bits per heavy atom. The van der Waals surface area contributed by atoms with Crippen LogP contribution in [0.4, 0.5) is 0 Å². The number of ether oxygens (including phenoxy) is 1. The van der Waals surface area contributed by atoms with E-state index in [0.29, 0.717) is 6.42 Å². The highest BCUT2D eigenvalue weighted by atomic mass is 16.5. The number of aliphatic hydroxyl groups is 2. The molecule has 0 amide bonds. The molecule has 0 bridgehead atoms. The van der Waals surface area contributed by atoms with Gasteiger partial charge in [0.25, 0.3) is 0 Å². The van der Waals surface area contributed by atoms with E-state index >= 15 is 0 Å². The summed E-state index contributed by atoms with van der Waals surface area (Å²) in [7, 11) is 0. The number of carbonyl (C=O) groups is 1. The number of hydrogen-bond donors (Lipinski definition) is 2. The molecular formula is C18H36O4. The predicted octanol–water partition coefficient (Wildman–Crippen LogP) is 3.83. The molecule has 0 saturated heterocycles. The van der Waals surface area contributed by atoms with E-state index in [1.54, 1.807) is 0 Å². The van der Waals surface area contributed by atoms with Crippen molar-refractivity contribution in [3.8, 4) is 0 Å². The van der Waals surface area contributed by atoms with Crippen LogP contribution in [0.3, 0.4) is 0 Å². The van der Waals surface area contributed by atoms with Crippen LogP contribution in [0.15, 0.2) is 0 Å². The van der Waals surface area contributed by atoms with E-state index in [-0.39, 0.29) is 19.2 Å². The molecule has 0 heterocycles. The number of rotatable bonds is 15. The molecule has 0 aliphatic rings. The van der Waals surface area contributed by atoms with Crippen molar-refractivity contribution in [3.05, 3.63) is 0 Å². The summed E-state index contributed by atoms with van der Waals surface area (Å²) in [6, 6.07) is 0. The Bertz CT molecular complexity index is 255. The number of carbonyl (C=O) groups excluding carboxylic acids is 1. The molecule has 0 spiro atoms. The fraction of sp³-hybridized carbons (Fsp3) is 0.944. The summed E-state index contributed by atoms with van der Waals surface area (Å²) in [6.45, 7) is 4.06. The third kappa shape index (κ3) is 14.3. The standard InChI is InChI=1S/C18H36O4/c1-3-4-5-6-7-8-11-16(2)12-9-10-13-18(21)22-15-17(20)14-19/h16-17,19-20H,3-15H2,1-2H3/t16-,17+/m0/s1. The highest BCUT2D eigenvalue weighted by Gasteiger charge is 2.08. The monoisotopic (exact) mass is 316 g/mol. The van der Waals surface area contributed by atoms with E-state index in [4.69, 9.17) is 14.9 Å². The molecule has 0 aromatic rings. The van der Waals surface area contributed by atoms with Gasteiger partial charge in [0.2, 0.25) is 0 Å². The van der Waals surface area contributed by atoms with Crippen LogP contribution in [0, 0.1) is 5.92 Å². The van der Waals surface area contributed by atoms with Gasteiger partial charge in [0.05, 0.1) is 6.61 Å². The largest absolute Gasteiger partial charge is 0.463 e. The van der Waals surface area contributed by atoms with Crippen LogP contribution in [0.1, 0.15) is 84.5 Å². The molecule has 2 N–H and O–H groups in total. The summed E-state index contributed by atoms with van der Waals surface area (Å²) in [6.07, 6.45) is 11.9. The van der Waals surface area contributed by atoms with E-state index < -0.39 is 6.10 Å². The first kappa shape index (κ1) is 21.4. The van der Waals surface area contributed by atoms with Gasteiger partial charge >= 0.3 is 5.97 Å². The van der Waals surface area contributed by atoms with Crippen LogP contribution in [0.2, 0.25) is 0 Å². The lowest BCUT2D eigenvalue weighted by Gasteiger charge is -2.11. The highest BCUT2D eigenvalue weighted by Crippen LogP contribution is 2.17. The van der Waals surface area contributed by atoms with Gasteiger partial charge in [-0.2, -0.15) is 0 Å². The zero-order valence-electron chi connectivity index (χ0n) is 14.6. The molecule has 0 aromatic heterocycles. The van der Waals surface area contributed by atoms with Crippen LogP contribution in [-0.4, -0.2) is 35.5 Å². The molecule has 2 atom stereocenters. The predicted molar refractivity (Wildman–Crippen MR) is 89.7 cm³/mol. The van der Waals surface area contributed by atoms with E-state index in [0.717, 1.165) is 18.8 Å². The van der Waals surface area contributed by atoms with E-state index in [9.17, 15) is 4.79 Å². The van der Waals surface area contributed by atoms with Gasteiger partial charge in [0.15, 0.2) is 0 Å². The smallest absolute Gasteiger partial charge is 0.305 e. The van der Waals surface area contributed by atoms with E-state index in [2.05, 4.69) is 13.8 Å². The summed E-state index contributed by atoms with van der Waals surface area (Å²) in [5.74, 6) is 0.453. The topological polar surface area (TPSA) is 66.8 Å². The SMILES string of the molecule is CCCCCCCC[C@H](C)CCCCC(=O)OC[C@H](O)CO. The van der Waals surface area contributed by atoms with Gasteiger partial charge in [-0.05, 0) is 12.3 Å². The Morgan fingerprint density at radius 3 is 2.23 bits per heavy atom. The Labute approximate surface area is 136 Å². The molecule has 0 fully saturated rings. The van der Waals surface area contributed by atoms with Crippen LogP contribution in [-0.2, 0) is 9.53 Å². The van der Waals surface area contributed by atoms with Gasteiger partial charge in [-0.15, -0.1) is 0 Å². The second kappa shape index (κ2) is 15.3. The lowest BCUT2D eigenvalue weighted by atomic mass is 9.96. The molecular weight excluding hydrogens is 280 g/mol. The second-order valence-electron chi connectivity index (χ2n) is 6.43. The van der Waals surface area contributed by atoms with Crippen LogP contribution in [0.25, 0.3) is 0 Å². The zero-order valence-corrected chi connectivity index (χ0v) is 14.6.